The Morgan fingerprint density at radius 2 is 1.93 bits per heavy atom. The second-order valence-corrected chi connectivity index (χ2v) is 7.74. The molecule has 152 valence electrons. The summed E-state index contributed by atoms with van der Waals surface area (Å²) >= 11 is 1.35. The monoisotopic (exact) mass is 420 g/mol. The Morgan fingerprint density at radius 1 is 1.10 bits per heavy atom. The number of carbonyl (C=O) groups is 3. The van der Waals surface area contributed by atoms with Crippen molar-refractivity contribution in [1.29, 1.82) is 0 Å². The van der Waals surface area contributed by atoms with E-state index in [2.05, 4.69) is 20.9 Å². The van der Waals surface area contributed by atoms with Gasteiger partial charge in [0.15, 0.2) is 5.13 Å². The number of anilines is 2. The van der Waals surface area contributed by atoms with Crippen molar-refractivity contribution in [3.05, 3.63) is 65.0 Å². The van der Waals surface area contributed by atoms with E-state index >= 15 is 0 Å². The maximum Gasteiger partial charge on any atom is 0.251 e. The third kappa shape index (κ3) is 4.72. The largest absolute Gasteiger partial charge is 0.352 e. The fourth-order valence-corrected chi connectivity index (χ4v) is 3.91. The Hall–Kier alpha value is -3.52. The first-order valence-corrected chi connectivity index (χ1v) is 10.5. The van der Waals surface area contributed by atoms with Crippen molar-refractivity contribution in [3.8, 4) is 11.3 Å². The maximum absolute atomic E-state index is 12.2. The molecule has 2 aromatic carbocycles. The molecule has 8 heteroatoms. The highest BCUT2D eigenvalue weighted by atomic mass is 32.1. The lowest BCUT2D eigenvalue weighted by atomic mass is 9.99. The van der Waals surface area contributed by atoms with Gasteiger partial charge in [0.2, 0.25) is 11.8 Å². The molecule has 2 heterocycles. The summed E-state index contributed by atoms with van der Waals surface area (Å²) in [5, 5.41) is 10.8. The maximum atomic E-state index is 12.2. The average Bonchev–Trinajstić information content (AvgIpc) is 3.22. The highest BCUT2D eigenvalue weighted by molar-refractivity contribution is 7.14. The average molecular weight is 420 g/mol. The van der Waals surface area contributed by atoms with Crippen LogP contribution < -0.4 is 16.0 Å². The zero-order valence-corrected chi connectivity index (χ0v) is 16.9. The summed E-state index contributed by atoms with van der Waals surface area (Å²) in [6.45, 7) is 0.244. The van der Waals surface area contributed by atoms with Gasteiger partial charge in [-0.15, -0.1) is 11.3 Å². The number of benzene rings is 2. The molecule has 1 aliphatic heterocycles. The number of hydrogen-bond donors (Lipinski definition) is 3. The van der Waals surface area contributed by atoms with Crippen molar-refractivity contribution in [3.63, 3.8) is 0 Å². The summed E-state index contributed by atoms with van der Waals surface area (Å²) in [7, 11) is 0. The van der Waals surface area contributed by atoms with Crippen molar-refractivity contribution < 1.29 is 14.4 Å². The molecule has 3 aromatic rings. The van der Waals surface area contributed by atoms with Crippen LogP contribution in [0.1, 0.15) is 28.8 Å². The second-order valence-electron chi connectivity index (χ2n) is 6.88. The number of aromatic nitrogens is 1. The predicted molar refractivity (Wildman–Crippen MR) is 117 cm³/mol. The van der Waals surface area contributed by atoms with Crippen LogP contribution in [0.3, 0.4) is 0 Å². The molecule has 0 unspecified atom stereocenters. The minimum atomic E-state index is -0.211. The molecule has 1 aliphatic rings. The first-order valence-electron chi connectivity index (χ1n) is 9.60. The second kappa shape index (κ2) is 8.87. The van der Waals surface area contributed by atoms with Gasteiger partial charge in [-0.3, -0.25) is 14.4 Å². The lowest BCUT2D eigenvalue weighted by Gasteiger charge is -2.17. The molecular formula is C22H20N4O3S. The zero-order chi connectivity index (χ0) is 20.9. The SMILES string of the molecule is O=C(CCNC(=O)c1ccccc1)Nc1nc(-c2ccc3c(c2)CCC(=O)N3)cs1. The van der Waals surface area contributed by atoms with E-state index in [4.69, 9.17) is 0 Å². The quantitative estimate of drug-likeness (QED) is 0.569. The van der Waals surface area contributed by atoms with Gasteiger partial charge in [-0.25, -0.2) is 4.98 Å². The van der Waals surface area contributed by atoms with Crippen molar-refractivity contribution in [2.75, 3.05) is 17.2 Å². The molecule has 3 N–H and O–H groups in total. The summed E-state index contributed by atoms with van der Waals surface area (Å²) in [5.41, 5.74) is 4.20. The van der Waals surface area contributed by atoms with E-state index in [-0.39, 0.29) is 30.7 Å². The van der Waals surface area contributed by atoms with E-state index in [9.17, 15) is 14.4 Å². The van der Waals surface area contributed by atoms with Crippen LogP contribution in [0.4, 0.5) is 10.8 Å². The molecule has 0 fully saturated rings. The fraction of sp³-hybridized carbons (Fsp3) is 0.182. The number of hydrogen-bond acceptors (Lipinski definition) is 5. The molecule has 7 nitrogen and oxygen atoms in total. The zero-order valence-electron chi connectivity index (χ0n) is 16.1. The molecular weight excluding hydrogens is 400 g/mol. The molecule has 30 heavy (non-hydrogen) atoms. The van der Waals surface area contributed by atoms with Gasteiger partial charge in [-0.05, 0) is 36.2 Å². The summed E-state index contributed by atoms with van der Waals surface area (Å²) in [6.07, 6.45) is 1.35. The molecule has 0 atom stereocenters. The van der Waals surface area contributed by atoms with Crippen molar-refractivity contribution in [1.82, 2.24) is 10.3 Å². The third-order valence-corrected chi connectivity index (χ3v) is 5.48. The van der Waals surface area contributed by atoms with Crippen LogP contribution in [-0.2, 0) is 16.0 Å². The molecule has 0 aliphatic carbocycles. The summed E-state index contributed by atoms with van der Waals surface area (Å²) < 4.78 is 0. The number of amides is 3. The Labute approximate surface area is 177 Å². The van der Waals surface area contributed by atoms with Crippen molar-refractivity contribution in [2.24, 2.45) is 0 Å². The van der Waals surface area contributed by atoms with Crippen LogP contribution in [0.25, 0.3) is 11.3 Å². The first kappa shape index (κ1) is 19.8. The van der Waals surface area contributed by atoms with Crippen molar-refractivity contribution in [2.45, 2.75) is 19.3 Å². The normalized spacial score (nSPS) is 12.6. The van der Waals surface area contributed by atoms with Gasteiger partial charge in [0.05, 0.1) is 5.69 Å². The fourth-order valence-electron chi connectivity index (χ4n) is 3.17. The van der Waals surface area contributed by atoms with E-state index in [1.165, 1.54) is 11.3 Å². The lowest BCUT2D eigenvalue weighted by molar-refractivity contribution is -0.117. The van der Waals surface area contributed by atoms with Crippen LogP contribution in [-0.4, -0.2) is 29.3 Å². The molecule has 1 aromatic heterocycles. The Bertz CT molecular complexity index is 1090. The molecule has 0 spiro atoms. The van der Waals surface area contributed by atoms with Gasteiger partial charge in [0, 0.05) is 41.6 Å². The molecule has 3 amide bonds. The van der Waals surface area contributed by atoms with E-state index in [1.54, 1.807) is 24.3 Å². The van der Waals surface area contributed by atoms with E-state index in [0.29, 0.717) is 23.5 Å². The lowest BCUT2D eigenvalue weighted by Crippen LogP contribution is -2.27. The van der Waals surface area contributed by atoms with Gasteiger partial charge in [-0.2, -0.15) is 0 Å². The molecule has 0 saturated heterocycles. The number of rotatable bonds is 6. The van der Waals surface area contributed by atoms with Gasteiger partial charge in [0.25, 0.3) is 5.91 Å². The number of carbonyl (C=O) groups excluding carboxylic acids is 3. The summed E-state index contributed by atoms with van der Waals surface area (Å²) in [6, 6.07) is 14.7. The topological polar surface area (TPSA) is 100 Å². The number of fused-ring (bicyclic) bond motifs is 1. The number of nitrogens with zero attached hydrogens (tertiary/aromatic N) is 1. The van der Waals surface area contributed by atoms with Crippen LogP contribution >= 0.6 is 11.3 Å². The Balaban J connectivity index is 1.30. The first-order chi connectivity index (χ1) is 14.6. The molecule has 0 saturated carbocycles. The molecule has 0 radical (unpaired) electrons. The highest BCUT2D eigenvalue weighted by Crippen LogP contribution is 2.30. The van der Waals surface area contributed by atoms with Crippen LogP contribution in [0.2, 0.25) is 0 Å². The van der Waals surface area contributed by atoms with Crippen LogP contribution in [0, 0.1) is 0 Å². The highest BCUT2D eigenvalue weighted by Gasteiger charge is 2.16. The van der Waals surface area contributed by atoms with Gasteiger partial charge in [0.1, 0.15) is 0 Å². The standard InChI is InChI=1S/C22H20N4O3S/c27-19-9-7-15-12-16(6-8-17(15)24-19)18-13-30-22(25-18)26-20(28)10-11-23-21(29)14-4-2-1-3-5-14/h1-6,8,12-13H,7,9-11H2,(H,23,29)(H,24,27)(H,25,26,28). The summed E-state index contributed by atoms with van der Waals surface area (Å²) in [4.78, 5) is 40.1. The van der Waals surface area contributed by atoms with Gasteiger partial charge in [-0.1, -0.05) is 24.3 Å². The van der Waals surface area contributed by atoms with E-state index < -0.39 is 0 Å². The van der Waals surface area contributed by atoms with Crippen LogP contribution in [0.5, 0.6) is 0 Å². The van der Waals surface area contributed by atoms with Gasteiger partial charge < -0.3 is 16.0 Å². The van der Waals surface area contributed by atoms with Crippen molar-refractivity contribution >= 4 is 39.9 Å². The Kier molecular flexibility index (Phi) is 5.85. The van der Waals surface area contributed by atoms with E-state index in [0.717, 1.165) is 22.5 Å². The number of nitrogens with one attached hydrogen (secondary N) is 3. The third-order valence-electron chi connectivity index (χ3n) is 4.72. The Morgan fingerprint density at radius 3 is 2.77 bits per heavy atom. The minimum Gasteiger partial charge on any atom is -0.352 e. The van der Waals surface area contributed by atoms with E-state index in [1.807, 2.05) is 29.6 Å². The summed E-state index contributed by atoms with van der Waals surface area (Å²) in [5.74, 6) is -0.380. The van der Waals surface area contributed by atoms with Gasteiger partial charge >= 0.3 is 0 Å². The number of aryl methyl sites for hydroxylation is 1. The predicted octanol–water partition coefficient (Wildman–Crippen LogP) is 3.45. The smallest absolute Gasteiger partial charge is 0.251 e. The van der Waals surface area contributed by atoms with Crippen LogP contribution in [0.15, 0.2) is 53.9 Å². The number of thiazole rings is 1. The molecule has 4 rings (SSSR count). The molecule has 0 bridgehead atoms. The minimum absolute atomic E-state index is 0.0360.